The molecule has 0 aliphatic carbocycles. The lowest BCUT2D eigenvalue weighted by Gasteiger charge is -2.22. The molecular weight excluding hydrogens is 400 g/mol. The Morgan fingerprint density at radius 3 is 2.38 bits per heavy atom. The van der Waals surface area contributed by atoms with Gasteiger partial charge < -0.3 is 15.2 Å². The van der Waals surface area contributed by atoms with E-state index in [1.54, 1.807) is 6.20 Å². The molecule has 5 nitrogen and oxygen atoms in total. The first-order valence-corrected chi connectivity index (χ1v) is 10.6. The van der Waals surface area contributed by atoms with E-state index < -0.39 is 0 Å². The smallest absolute Gasteiger partial charge is 0.261 e. The van der Waals surface area contributed by atoms with Gasteiger partial charge in [-0.15, -0.1) is 0 Å². The summed E-state index contributed by atoms with van der Waals surface area (Å²) in [6.45, 7) is 4.33. The van der Waals surface area contributed by atoms with Crippen molar-refractivity contribution in [3.05, 3.63) is 102 Å². The van der Waals surface area contributed by atoms with Crippen molar-refractivity contribution in [3.63, 3.8) is 0 Å². The molecule has 32 heavy (non-hydrogen) atoms. The van der Waals surface area contributed by atoms with Crippen LogP contribution in [0, 0.1) is 0 Å². The standard InChI is InChI=1S/C27H26N2O3/c1-27(2,18-30)20-12-14-21(15-13-20)29-26(31)23-16-28-24-11-7-6-10-22(24)25(23)32-17-19-8-4-3-5-9-19/h3-16,30H,17-18H2,1-2H3,(H,29,31). The molecule has 0 radical (unpaired) electrons. The van der Waals surface area contributed by atoms with Gasteiger partial charge in [0.25, 0.3) is 5.91 Å². The lowest BCUT2D eigenvalue weighted by Crippen LogP contribution is -2.22. The zero-order valence-corrected chi connectivity index (χ0v) is 18.2. The summed E-state index contributed by atoms with van der Waals surface area (Å²) in [5.41, 5.74) is 3.47. The molecule has 0 saturated carbocycles. The number of aromatic nitrogens is 1. The molecule has 0 spiro atoms. The van der Waals surface area contributed by atoms with Gasteiger partial charge in [0.2, 0.25) is 0 Å². The van der Waals surface area contributed by atoms with Crippen LogP contribution in [0.3, 0.4) is 0 Å². The fraction of sp³-hybridized carbons (Fsp3) is 0.185. The van der Waals surface area contributed by atoms with E-state index in [2.05, 4.69) is 10.3 Å². The van der Waals surface area contributed by atoms with Crippen molar-refractivity contribution in [1.29, 1.82) is 0 Å². The van der Waals surface area contributed by atoms with Gasteiger partial charge in [0.15, 0.2) is 0 Å². The van der Waals surface area contributed by atoms with Gasteiger partial charge in [0, 0.05) is 22.7 Å². The second kappa shape index (κ2) is 9.20. The molecule has 2 N–H and O–H groups in total. The fourth-order valence-corrected chi connectivity index (χ4v) is 3.46. The average molecular weight is 427 g/mol. The van der Waals surface area contributed by atoms with Gasteiger partial charge in [-0.2, -0.15) is 0 Å². The van der Waals surface area contributed by atoms with E-state index in [4.69, 9.17) is 4.74 Å². The van der Waals surface area contributed by atoms with Crippen LogP contribution in [0.15, 0.2) is 85.1 Å². The molecule has 0 unspecified atom stereocenters. The number of anilines is 1. The maximum Gasteiger partial charge on any atom is 0.261 e. The average Bonchev–Trinajstić information content (AvgIpc) is 2.83. The van der Waals surface area contributed by atoms with Gasteiger partial charge in [-0.05, 0) is 35.4 Å². The van der Waals surface area contributed by atoms with Crippen LogP contribution in [0.4, 0.5) is 5.69 Å². The quantitative estimate of drug-likeness (QED) is 0.419. The number of ether oxygens (including phenoxy) is 1. The Morgan fingerprint density at radius 1 is 0.969 bits per heavy atom. The SMILES string of the molecule is CC(C)(CO)c1ccc(NC(=O)c2cnc3ccccc3c2OCc2ccccc2)cc1. The number of carbonyl (C=O) groups excluding carboxylic acids is 1. The number of carbonyl (C=O) groups is 1. The monoisotopic (exact) mass is 426 g/mol. The minimum absolute atomic E-state index is 0.0452. The normalized spacial score (nSPS) is 11.3. The zero-order valence-electron chi connectivity index (χ0n) is 18.2. The number of rotatable bonds is 7. The molecule has 0 bridgehead atoms. The number of amides is 1. The number of aliphatic hydroxyl groups excluding tert-OH is 1. The van der Waals surface area contributed by atoms with Crippen molar-refractivity contribution < 1.29 is 14.6 Å². The molecule has 0 saturated heterocycles. The van der Waals surface area contributed by atoms with Crippen molar-refractivity contribution in [2.45, 2.75) is 25.9 Å². The van der Waals surface area contributed by atoms with Crippen molar-refractivity contribution in [2.24, 2.45) is 0 Å². The lowest BCUT2D eigenvalue weighted by atomic mass is 9.85. The van der Waals surface area contributed by atoms with Crippen LogP contribution in [0.1, 0.15) is 35.3 Å². The number of aliphatic hydroxyl groups is 1. The molecule has 0 atom stereocenters. The number of hydrogen-bond donors (Lipinski definition) is 2. The predicted octanol–water partition coefficient (Wildman–Crippen LogP) is 5.34. The summed E-state index contributed by atoms with van der Waals surface area (Å²) in [6.07, 6.45) is 1.56. The maximum atomic E-state index is 13.2. The molecule has 3 aromatic carbocycles. The van der Waals surface area contributed by atoms with E-state index in [0.29, 0.717) is 23.6 Å². The summed E-state index contributed by atoms with van der Waals surface area (Å²) >= 11 is 0. The van der Waals surface area contributed by atoms with Crippen molar-refractivity contribution >= 4 is 22.5 Å². The number of fused-ring (bicyclic) bond motifs is 1. The fourth-order valence-electron chi connectivity index (χ4n) is 3.46. The molecular formula is C27H26N2O3. The van der Waals surface area contributed by atoms with E-state index in [9.17, 15) is 9.90 Å². The highest BCUT2D eigenvalue weighted by Gasteiger charge is 2.20. The Morgan fingerprint density at radius 2 is 1.66 bits per heavy atom. The van der Waals surface area contributed by atoms with Gasteiger partial charge in [-0.1, -0.05) is 68.4 Å². The molecule has 0 fully saturated rings. The van der Waals surface area contributed by atoms with Crippen LogP contribution in [0.5, 0.6) is 5.75 Å². The largest absolute Gasteiger partial charge is 0.487 e. The van der Waals surface area contributed by atoms with Gasteiger partial charge in [0.1, 0.15) is 17.9 Å². The number of nitrogens with one attached hydrogen (secondary N) is 1. The van der Waals surface area contributed by atoms with Crippen LogP contribution in [-0.2, 0) is 12.0 Å². The van der Waals surface area contributed by atoms with Gasteiger partial charge in [-0.3, -0.25) is 9.78 Å². The molecule has 1 aromatic heterocycles. The van der Waals surface area contributed by atoms with E-state index in [-0.39, 0.29) is 17.9 Å². The second-order valence-corrected chi connectivity index (χ2v) is 8.37. The Hall–Kier alpha value is -3.70. The third kappa shape index (κ3) is 4.63. The summed E-state index contributed by atoms with van der Waals surface area (Å²) in [5.74, 6) is 0.218. The first-order chi connectivity index (χ1) is 15.5. The molecule has 1 heterocycles. The number of nitrogens with zero attached hydrogens (tertiary/aromatic N) is 1. The minimum Gasteiger partial charge on any atom is -0.487 e. The Bertz CT molecular complexity index is 1220. The third-order valence-electron chi connectivity index (χ3n) is 5.52. The maximum absolute atomic E-state index is 13.2. The third-order valence-corrected chi connectivity index (χ3v) is 5.52. The van der Waals surface area contributed by atoms with E-state index >= 15 is 0 Å². The molecule has 5 heteroatoms. The van der Waals surface area contributed by atoms with Gasteiger partial charge in [0.05, 0.1) is 12.1 Å². The Labute approximate surface area is 187 Å². The highest BCUT2D eigenvalue weighted by Crippen LogP contribution is 2.30. The number of hydrogen-bond acceptors (Lipinski definition) is 4. The Kier molecular flexibility index (Phi) is 6.19. The first kappa shape index (κ1) is 21.5. The number of para-hydroxylation sites is 1. The second-order valence-electron chi connectivity index (χ2n) is 8.37. The molecule has 0 aliphatic heterocycles. The van der Waals surface area contributed by atoms with Crippen LogP contribution < -0.4 is 10.1 Å². The van der Waals surface area contributed by atoms with Gasteiger partial charge >= 0.3 is 0 Å². The van der Waals surface area contributed by atoms with Gasteiger partial charge in [-0.25, -0.2) is 0 Å². The molecule has 4 rings (SSSR count). The number of benzene rings is 3. The van der Waals surface area contributed by atoms with Crippen LogP contribution in [0.25, 0.3) is 10.9 Å². The first-order valence-electron chi connectivity index (χ1n) is 10.6. The summed E-state index contributed by atoms with van der Waals surface area (Å²) < 4.78 is 6.15. The lowest BCUT2D eigenvalue weighted by molar-refractivity contribution is 0.102. The Balaban J connectivity index is 1.62. The molecule has 4 aromatic rings. The predicted molar refractivity (Wildman–Crippen MR) is 127 cm³/mol. The summed E-state index contributed by atoms with van der Waals surface area (Å²) in [4.78, 5) is 17.6. The van der Waals surface area contributed by atoms with E-state index in [0.717, 1.165) is 22.0 Å². The molecule has 162 valence electrons. The zero-order chi connectivity index (χ0) is 22.6. The summed E-state index contributed by atoms with van der Waals surface area (Å²) in [6, 6.07) is 25.0. The van der Waals surface area contributed by atoms with E-state index in [1.807, 2.05) is 92.7 Å². The van der Waals surface area contributed by atoms with Crippen molar-refractivity contribution in [2.75, 3.05) is 11.9 Å². The highest BCUT2D eigenvalue weighted by molar-refractivity contribution is 6.09. The summed E-state index contributed by atoms with van der Waals surface area (Å²) in [5, 5.41) is 13.3. The number of pyridine rings is 1. The minimum atomic E-state index is -0.344. The molecule has 0 aliphatic rings. The van der Waals surface area contributed by atoms with Crippen molar-refractivity contribution in [3.8, 4) is 5.75 Å². The van der Waals surface area contributed by atoms with Crippen molar-refractivity contribution in [1.82, 2.24) is 4.98 Å². The topological polar surface area (TPSA) is 71.5 Å². The van der Waals surface area contributed by atoms with Crippen LogP contribution in [-0.4, -0.2) is 22.6 Å². The van der Waals surface area contributed by atoms with E-state index in [1.165, 1.54) is 0 Å². The summed E-state index contributed by atoms with van der Waals surface area (Å²) in [7, 11) is 0. The molecule has 1 amide bonds. The highest BCUT2D eigenvalue weighted by atomic mass is 16.5. The van der Waals surface area contributed by atoms with Crippen LogP contribution >= 0.6 is 0 Å². The van der Waals surface area contributed by atoms with Crippen LogP contribution in [0.2, 0.25) is 0 Å².